The van der Waals surface area contributed by atoms with E-state index >= 15 is 0 Å². The normalized spacial score (nSPS) is 14.8. The molecular formula is C20H30N6. The lowest BCUT2D eigenvalue weighted by Crippen LogP contribution is -2.47. The van der Waals surface area contributed by atoms with Crippen molar-refractivity contribution in [1.29, 1.82) is 0 Å². The molecule has 3 rings (SSSR count). The Bertz CT molecular complexity index is 694. The quantitative estimate of drug-likeness (QED) is 0.771. The largest absolute Gasteiger partial charge is 0.370 e. The van der Waals surface area contributed by atoms with E-state index in [1.54, 1.807) is 0 Å². The van der Waals surface area contributed by atoms with Crippen LogP contribution in [0.15, 0.2) is 36.5 Å². The number of nitrogens with one attached hydrogen (secondary N) is 1. The highest BCUT2D eigenvalue weighted by Crippen LogP contribution is 2.20. The van der Waals surface area contributed by atoms with E-state index in [1.165, 1.54) is 11.3 Å². The number of hydrogen-bond acceptors (Lipinski definition) is 6. The zero-order chi connectivity index (χ0) is 18.4. The lowest BCUT2D eigenvalue weighted by Gasteiger charge is -2.36. The summed E-state index contributed by atoms with van der Waals surface area (Å²) in [6.45, 7) is 8.02. The smallest absolute Gasteiger partial charge is 0.227 e. The third-order valence-corrected chi connectivity index (χ3v) is 4.66. The van der Waals surface area contributed by atoms with Gasteiger partial charge in [0.2, 0.25) is 5.95 Å². The van der Waals surface area contributed by atoms with Crippen LogP contribution in [0.25, 0.3) is 0 Å². The first-order valence-electron chi connectivity index (χ1n) is 9.40. The van der Waals surface area contributed by atoms with Gasteiger partial charge >= 0.3 is 0 Å². The maximum atomic E-state index is 4.70. The predicted octanol–water partition coefficient (Wildman–Crippen LogP) is 2.48. The molecule has 1 aromatic carbocycles. The second-order valence-electron chi connectivity index (χ2n) is 7.14. The van der Waals surface area contributed by atoms with Crippen LogP contribution in [-0.4, -0.2) is 68.2 Å². The summed E-state index contributed by atoms with van der Waals surface area (Å²) >= 11 is 0. The summed E-state index contributed by atoms with van der Waals surface area (Å²) in [7, 11) is 4.19. The Morgan fingerprint density at radius 2 is 1.85 bits per heavy atom. The molecule has 2 aromatic rings. The van der Waals surface area contributed by atoms with Gasteiger partial charge in [-0.2, -0.15) is 4.98 Å². The van der Waals surface area contributed by atoms with Crippen LogP contribution in [0.1, 0.15) is 12.0 Å². The van der Waals surface area contributed by atoms with Gasteiger partial charge in [-0.3, -0.25) is 0 Å². The molecule has 1 N–H and O–H groups in total. The zero-order valence-electron chi connectivity index (χ0n) is 16.1. The average molecular weight is 355 g/mol. The number of aromatic nitrogens is 2. The molecule has 1 saturated heterocycles. The highest BCUT2D eigenvalue weighted by atomic mass is 15.3. The summed E-state index contributed by atoms with van der Waals surface area (Å²) in [5.41, 5.74) is 2.61. The Kier molecular flexibility index (Phi) is 6.28. The van der Waals surface area contributed by atoms with E-state index in [2.05, 4.69) is 70.3 Å². The van der Waals surface area contributed by atoms with Gasteiger partial charge in [0.15, 0.2) is 0 Å². The molecule has 26 heavy (non-hydrogen) atoms. The SMILES string of the molecule is Cc1cccc(N2CCN(c3nccc(NCCCN(C)C)n3)CC2)c1. The van der Waals surface area contributed by atoms with Gasteiger partial charge in [0.25, 0.3) is 0 Å². The maximum Gasteiger partial charge on any atom is 0.227 e. The Morgan fingerprint density at radius 1 is 1.08 bits per heavy atom. The molecule has 0 spiro atoms. The van der Waals surface area contributed by atoms with E-state index in [0.717, 1.165) is 57.5 Å². The second kappa shape index (κ2) is 8.85. The molecule has 140 valence electrons. The van der Waals surface area contributed by atoms with E-state index in [0.29, 0.717) is 0 Å². The molecule has 1 aromatic heterocycles. The van der Waals surface area contributed by atoms with Gasteiger partial charge in [0.05, 0.1) is 0 Å². The molecule has 1 aliphatic heterocycles. The van der Waals surface area contributed by atoms with Crippen molar-refractivity contribution >= 4 is 17.5 Å². The number of anilines is 3. The van der Waals surface area contributed by atoms with Crippen LogP contribution < -0.4 is 15.1 Å². The van der Waals surface area contributed by atoms with Crippen molar-refractivity contribution in [1.82, 2.24) is 14.9 Å². The lowest BCUT2D eigenvalue weighted by molar-refractivity contribution is 0.405. The van der Waals surface area contributed by atoms with Crippen molar-refractivity contribution in [2.45, 2.75) is 13.3 Å². The van der Waals surface area contributed by atoms with Crippen molar-refractivity contribution in [2.24, 2.45) is 0 Å². The van der Waals surface area contributed by atoms with Crippen molar-refractivity contribution in [2.75, 3.05) is 68.5 Å². The van der Waals surface area contributed by atoms with Crippen LogP contribution in [-0.2, 0) is 0 Å². The summed E-state index contributed by atoms with van der Waals surface area (Å²) in [5, 5.41) is 3.41. The molecule has 6 nitrogen and oxygen atoms in total. The van der Waals surface area contributed by atoms with Gasteiger partial charge in [-0.25, -0.2) is 4.98 Å². The molecule has 1 fully saturated rings. The van der Waals surface area contributed by atoms with Gasteiger partial charge in [-0.05, 0) is 57.7 Å². The summed E-state index contributed by atoms with van der Waals surface area (Å²) < 4.78 is 0. The third-order valence-electron chi connectivity index (χ3n) is 4.66. The van der Waals surface area contributed by atoms with Gasteiger partial charge in [-0.15, -0.1) is 0 Å². The van der Waals surface area contributed by atoms with E-state index in [-0.39, 0.29) is 0 Å². The fourth-order valence-corrected chi connectivity index (χ4v) is 3.20. The van der Waals surface area contributed by atoms with Gasteiger partial charge < -0.3 is 20.0 Å². The third kappa shape index (κ3) is 5.08. The minimum absolute atomic E-state index is 0.825. The fourth-order valence-electron chi connectivity index (χ4n) is 3.20. The first kappa shape index (κ1) is 18.5. The number of benzene rings is 1. The predicted molar refractivity (Wildman–Crippen MR) is 109 cm³/mol. The lowest BCUT2D eigenvalue weighted by atomic mass is 10.2. The van der Waals surface area contributed by atoms with Crippen LogP contribution >= 0.6 is 0 Å². The molecule has 0 atom stereocenters. The summed E-state index contributed by atoms with van der Waals surface area (Å²) in [4.78, 5) is 16.1. The van der Waals surface area contributed by atoms with Crippen molar-refractivity contribution in [3.63, 3.8) is 0 Å². The Balaban J connectivity index is 1.53. The molecular weight excluding hydrogens is 324 g/mol. The van der Waals surface area contributed by atoms with E-state index in [1.807, 2.05) is 12.3 Å². The van der Waals surface area contributed by atoms with Crippen LogP contribution in [0.2, 0.25) is 0 Å². The zero-order valence-corrected chi connectivity index (χ0v) is 16.1. The maximum absolute atomic E-state index is 4.70. The molecule has 0 bridgehead atoms. The number of aryl methyl sites for hydroxylation is 1. The molecule has 0 radical (unpaired) electrons. The van der Waals surface area contributed by atoms with Gasteiger partial charge in [-0.1, -0.05) is 12.1 Å². The number of piperazine rings is 1. The molecule has 0 unspecified atom stereocenters. The number of nitrogens with zero attached hydrogens (tertiary/aromatic N) is 5. The first-order chi connectivity index (χ1) is 12.6. The molecule has 0 saturated carbocycles. The molecule has 6 heteroatoms. The number of rotatable bonds is 7. The topological polar surface area (TPSA) is 47.5 Å². The highest BCUT2D eigenvalue weighted by molar-refractivity contribution is 5.50. The number of hydrogen-bond donors (Lipinski definition) is 1. The minimum Gasteiger partial charge on any atom is -0.370 e. The minimum atomic E-state index is 0.825. The highest BCUT2D eigenvalue weighted by Gasteiger charge is 2.19. The van der Waals surface area contributed by atoms with Gasteiger partial charge in [0.1, 0.15) is 5.82 Å². The molecule has 0 amide bonds. The second-order valence-corrected chi connectivity index (χ2v) is 7.14. The van der Waals surface area contributed by atoms with Crippen molar-refractivity contribution < 1.29 is 0 Å². The van der Waals surface area contributed by atoms with Crippen molar-refractivity contribution in [3.8, 4) is 0 Å². The summed E-state index contributed by atoms with van der Waals surface area (Å²) in [5.74, 6) is 1.74. The molecule has 2 heterocycles. The first-order valence-corrected chi connectivity index (χ1v) is 9.40. The summed E-state index contributed by atoms with van der Waals surface area (Å²) in [6, 6.07) is 10.7. The van der Waals surface area contributed by atoms with Crippen LogP contribution in [0, 0.1) is 6.92 Å². The molecule has 0 aliphatic carbocycles. The summed E-state index contributed by atoms with van der Waals surface area (Å²) in [6.07, 6.45) is 2.95. The van der Waals surface area contributed by atoms with Crippen LogP contribution in [0.3, 0.4) is 0 Å². The fraction of sp³-hybridized carbons (Fsp3) is 0.500. The van der Waals surface area contributed by atoms with Crippen LogP contribution in [0.5, 0.6) is 0 Å². The standard InChI is InChI=1S/C20H30N6/c1-17-6-4-7-18(16-17)25-12-14-26(15-13-25)20-22-10-8-19(23-20)21-9-5-11-24(2)3/h4,6-8,10,16H,5,9,11-15H2,1-3H3,(H,21,22,23). The Hall–Kier alpha value is -2.34. The Labute approximate surface area is 156 Å². The average Bonchev–Trinajstić information content (AvgIpc) is 2.65. The van der Waals surface area contributed by atoms with Gasteiger partial charge in [0, 0.05) is 44.6 Å². The van der Waals surface area contributed by atoms with E-state index < -0.39 is 0 Å². The van der Waals surface area contributed by atoms with Crippen LogP contribution in [0.4, 0.5) is 17.5 Å². The van der Waals surface area contributed by atoms with E-state index in [4.69, 9.17) is 4.98 Å². The van der Waals surface area contributed by atoms with Crippen molar-refractivity contribution in [3.05, 3.63) is 42.1 Å². The Morgan fingerprint density at radius 3 is 2.58 bits per heavy atom. The monoisotopic (exact) mass is 354 g/mol. The van der Waals surface area contributed by atoms with E-state index in [9.17, 15) is 0 Å². The molecule has 1 aliphatic rings.